The number of rotatable bonds is 2. The minimum Gasteiger partial charge on any atom is -0.289 e. The van der Waals surface area contributed by atoms with E-state index in [9.17, 15) is 4.79 Å². The Morgan fingerprint density at radius 2 is 1.11 bits per heavy atom. The molecule has 1 aliphatic carbocycles. The largest absolute Gasteiger partial charge is 0.289 e. The van der Waals surface area contributed by atoms with Crippen molar-refractivity contribution in [2.75, 3.05) is 0 Å². The summed E-state index contributed by atoms with van der Waals surface area (Å²) >= 11 is 0. The number of hydrogen-bond donors (Lipinski definition) is 0. The lowest BCUT2D eigenvalue weighted by atomic mass is 9.78. The van der Waals surface area contributed by atoms with E-state index in [1.807, 2.05) is 54.6 Å². The van der Waals surface area contributed by atoms with Crippen LogP contribution < -0.4 is 0 Å². The summed E-state index contributed by atoms with van der Waals surface area (Å²) in [7, 11) is 0. The highest BCUT2D eigenvalue weighted by atomic mass is 16.1. The smallest absolute Gasteiger partial charge is 0.194 e. The van der Waals surface area contributed by atoms with Crippen molar-refractivity contribution in [2.45, 2.75) is 6.42 Å². The average Bonchev–Trinajstić information content (AvgIpc) is 2.74. The van der Waals surface area contributed by atoms with Crippen LogP contribution in [0.4, 0.5) is 0 Å². The second-order valence-corrected chi connectivity index (χ2v) is 6.92. The van der Waals surface area contributed by atoms with Crippen LogP contribution in [0, 0.1) is 0 Å². The molecule has 4 aromatic carbocycles. The Balaban J connectivity index is 1.83. The molecule has 0 bridgehead atoms. The summed E-state index contributed by atoms with van der Waals surface area (Å²) in [4.78, 5) is 13.5. The van der Waals surface area contributed by atoms with Gasteiger partial charge in [0.05, 0.1) is 0 Å². The molecule has 0 aromatic heterocycles. The number of ketones is 1. The first-order chi connectivity index (χ1) is 13.3. The van der Waals surface area contributed by atoms with Crippen molar-refractivity contribution < 1.29 is 4.79 Å². The van der Waals surface area contributed by atoms with Crippen molar-refractivity contribution in [3.63, 3.8) is 0 Å². The van der Waals surface area contributed by atoms with Crippen LogP contribution in [0.15, 0.2) is 97.1 Å². The van der Waals surface area contributed by atoms with E-state index in [1.54, 1.807) is 0 Å². The quantitative estimate of drug-likeness (QED) is 0.374. The highest BCUT2D eigenvalue weighted by Crippen LogP contribution is 2.40. The van der Waals surface area contributed by atoms with Gasteiger partial charge in [-0.3, -0.25) is 4.79 Å². The topological polar surface area (TPSA) is 17.1 Å². The van der Waals surface area contributed by atoms with Crippen LogP contribution in [0.25, 0.3) is 22.3 Å². The van der Waals surface area contributed by atoms with Crippen LogP contribution in [0.1, 0.15) is 27.0 Å². The zero-order valence-electron chi connectivity index (χ0n) is 14.9. The molecule has 0 N–H and O–H groups in total. The summed E-state index contributed by atoms with van der Waals surface area (Å²) < 4.78 is 0. The van der Waals surface area contributed by atoms with Crippen molar-refractivity contribution in [1.82, 2.24) is 0 Å². The number of benzene rings is 4. The molecule has 0 aliphatic heterocycles. The van der Waals surface area contributed by atoms with E-state index in [-0.39, 0.29) is 5.78 Å². The minimum absolute atomic E-state index is 0.128. The number of hydrogen-bond acceptors (Lipinski definition) is 1. The third-order valence-electron chi connectivity index (χ3n) is 5.31. The highest BCUT2D eigenvalue weighted by molar-refractivity contribution is 6.17. The summed E-state index contributed by atoms with van der Waals surface area (Å²) in [6, 6.07) is 32.8. The number of carbonyl (C=O) groups excluding carboxylic acids is 1. The van der Waals surface area contributed by atoms with E-state index in [4.69, 9.17) is 0 Å². The van der Waals surface area contributed by atoms with E-state index < -0.39 is 0 Å². The monoisotopic (exact) mass is 346 g/mol. The Morgan fingerprint density at radius 3 is 1.85 bits per heavy atom. The number of fused-ring (bicyclic) bond motifs is 2. The van der Waals surface area contributed by atoms with Crippen LogP contribution in [0.2, 0.25) is 0 Å². The molecule has 0 saturated carbocycles. The van der Waals surface area contributed by atoms with Crippen molar-refractivity contribution in [3.05, 3.63) is 119 Å². The Bertz CT molecular complexity index is 1140. The van der Waals surface area contributed by atoms with Crippen molar-refractivity contribution in [1.29, 1.82) is 0 Å². The molecule has 0 amide bonds. The molecule has 0 saturated heterocycles. The van der Waals surface area contributed by atoms with Gasteiger partial charge in [0.1, 0.15) is 0 Å². The van der Waals surface area contributed by atoms with E-state index in [0.717, 1.165) is 50.9 Å². The molecule has 1 nitrogen and oxygen atoms in total. The summed E-state index contributed by atoms with van der Waals surface area (Å²) in [6.45, 7) is 0. The van der Waals surface area contributed by atoms with Gasteiger partial charge in [-0.05, 0) is 34.2 Å². The third kappa shape index (κ3) is 2.60. The molecular weight excluding hydrogens is 328 g/mol. The molecule has 0 fully saturated rings. The van der Waals surface area contributed by atoms with E-state index >= 15 is 0 Å². The standard InChI is InChI=1S/C26H18O/c27-26-23-14-8-7-13-20(23)17-21-15-16-22(18-9-3-1-4-10-18)24(25(21)26)19-11-5-2-6-12-19/h1-16H,17H2. The van der Waals surface area contributed by atoms with Crippen molar-refractivity contribution >= 4 is 5.78 Å². The van der Waals surface area contributed by atoms with Gasteiger partial charge in [-0.1, -0.05) is 97.1 Å². The molecule has 128 valence electrons. The maximum atomic E-state index is 13.5. The third-order valence-corrected chi connectivity index (χ3v) is 5.31. The molecule has 0 unspecified atom stereocenters. The molecule has 1 aliphatic rings. The lowest BCUT2D eigenvalue weighted by Crippen LogP contribution is -2.16. The van der Waals surface area contributed by atoms with Gasteiger partial charge < -0.3 is 0 Å². The van der Waals surface area contributed by atoms with Crippen LogP contribution in [0.3, 0.4) is 0 Å². The second kappa shape index (κ2) is 6.37. The van der Waals surface area contributed by atoms with Crippen LogP contribution >= 0.6 is 0 Å². The molecule has 0 atom stereocenters. The molecule has 4 aromatic rings. The maximum absolute atomic E-state index is 13.5. The van der Waals surface area contributed by atoms with Gasteiger partial charge in [0, 0.05) is 16.7 Å². The Labute approximate surface area is 158 Å². The fraction of sp³-hybridized carbons (Fsp3) is 0.0385. The zero-order chi connectivity index (χ0) is 18.2. The Kier molecular flexibility index (Phi) is 3.72. The van der Waals surface area contributed by atoms with E-state index in [1.165, 1.54) is 0 Å². The Hall–Kier alpha value is -3.45. The van der Waals surface area contributed by atoms with Gasteiger partial charge in [-0.15, -0.1) is 0 Å². The molecule has 0 heterocycles. The number of carbonyl (C=O) groups is 1. The molecular formula is C26H18O. The van der Waals surface area contributed by atoms with E-state index in [0.29, 0.717) is 0 Å². The van der Waals surface area contributed by atoms with Gasteiger partial charge in [0.25, 0.3) is 0 Å². The molecule has 0 spiro atoms. The zero-order valence-corrected chi connectivity index (χ0v) is 14.9. The lowest BCUT2D eigenvalue weighted by molar-refractivity contribution is 0.103. The lowest BCUT2D eigenvalue weighted by Gasteiger charge is -2.24. The normalized spacial score (nSPS) is 12.4. The SMILES string of the molecule is O=C1c2ccccc2Cc2ccc(-c3ccccc3)c(-c3ccccc3)c21. The van der Waals surface area contributed by atoms with Gasteiger partial charge in [-0.2, -0.15) is 0 Å². The first-order valence-electron chi connectivity index (χ1n) is 9.22. The van der Waals surface area contributed by atoms with Crippen LogP contribution in [0.5, 0.6) is 0 Å². The second-order valence-electron chi connectivity index (χ2n) is 6.92. The fourth-order valence-corrected chi connectivity index (χ4v) is 4.05. The summed E-state index contributed by atoms with van der Waals surface area (Å²) in [5.74, 6) is 0.128. The average molecular weight is 346 g/mol. The minimum atomic E-state index is 0.128. The molecule has 1 heteroatoms. The molecule has 5 rings (SSSR count). The molecule has 0 radical (unpaired) electrons. The van der Waals surface area contributed by atoms with Crippen molar-refractivity contribution in [3.8, 4) is 22.3 Å². The predicted molar refractivity (Wildman–Crippen MR) is 110 cm³/mol. The van der Waals surface area contributed by atoms with Gasteiger partial charge in [0.2, 0.25) is 0 Å². The van der Waals surface area contributed by atoms with Crippen LogP contribution in [-0.2, 0) is 6.42 Å². The first kappa shape index (κ1) is 15.8. The van der Waals surface area contributed by atoms with Gasteiger partial charge >= 0.3 is 0 Å². The first-order valence-corrected chi connectivity index (χ1v) is 9.22. The van der Waals surface area contributed by atoms with E-state index in [2.05, 4.69) is 42.5 Å². The highest BCUT2D eigenvalue weighted by Gasteiger charge is 2.27. The summed E-state index contributed by atoms with van der Waals surface area (Å²) in [6.07, 6.45) is 0.798. The predicted octanol–water partition coefficient (Wildman–Crippen LogP) is 6.16. The van der Waals surface area contributed by atoms with Crippen molar-refractivity contribution in [2.24, 2.45) is 0 Å². The van der Waals surface area contributed by atoms with Crippen LogP contribution in [-0.4, -0.2) is 5.78 Å². The van der Waals surface area contributed by atoms with Gasteiger partial charge in [0.15, 0.2) is 5.78 Å². The molecule has 27 heavy (non-hydrogen) atoms. The maximum Gasteiger partial charge on any atom is 0.194 e. The fourth-order valence-electron chi connectivity index (χ4n) is 4.05. The summed E-state index contributed by atoms with van der Waals surface area (Å²) in [5, 5.41) is 0. The summed E-state index contributed by atoms with van der Waals surface area (Å²) in [5.41, 5.74) is 8.26. The van der Waals surface area contributed by atoms with Gasteiger partial charge in [-0.25, -0.2) is 0 Å². The Morgan fingerprint density at radius 1 is 0.481 bits per heavy atom.